The molecule has 0 radical (unpaired) electrons. The predicted molar refractivity (Wildman–Crippen MR) is 95.0 cm³/mol. The van der Waals surface area contributed by atoms with Gasteiger partial charge in [0.25, 0.3) is 0 Å². The summed E-state index contributed by atoms with van der Waals surface area (Å²) in [5, 5.41) is 0. The summed E-state index contributed by atoms with van der Waals surface area (Å²) in [6, 6.07) is 5.72. The number of amides is 2. The summed E-state index contributed by atoms with van der Waals surface area (Å²) in [4.78, 5) is 28.9. The summed E-state index contributed by atoms with van der Waals surface area (Å²) in [7, 11) is 0. The van der Waals surface area contributed by atoms with Crippen LogP contribution in [0.5, 0.6) is 11.5 Å². The summed E-state index contributed by atoms with van der Waals surface area (Å²) in [6.07, 6.45) is 0.253. The summed E-state index contributed by atoms with van der Waals surface area (Å²) in [6.45, 7) is 9.48. The van der Waals surface area contributed by atoms with Crippen molar-refractivity contribution in [2.24, 2.45) is 5.92 Å². The van der Waals surface area contributed by atoms with Gasteiger partial charge in [-0.2, -0.15) is 0 Å². The molecule has 1 unspecified atom stereocenters. The van der Waals surface area contributed by atoms with Gasteiger partial charge in [0, 0.05) is 36.8 Å². The minimum Gasteiger partial charge on any atom is -0.486 e. The fourth-order valence-electron chi connectivity index (χ4n) is 3.64. The lowest BCUT2D eigenvalue weighted by Gasteiger charge is -2.33. The predicted octanol–water partition coefficient (Wildman–Crippen LogP) is 2.46. The largest absolute Gasteiger partial charge is 0.486 e. The molecule has 25 heavy (non-hydrogen) atoms. The van der Waals surface area contributed by atoms with E-state index in [-0.39, 0.29) is 36.2 Å². The average molecular weight is 346 g/mol. The molecule has 0 N–H and O–H groups in total. The fourth-order valence-corrected chi connectivity index (χ4v) is 3.64. The van der Waals surface area contributed by atoms with Crippen LogP contribution < -0.4 is 14.4 Å². The van der Waals surface area contributed by atoms with E-state index in [4.69, 9.17) is 9.47 Å². The van der Waals surface area contributed by atoms with Gasteiger partial charge in [-0.25, -0.2) is 0 Å². The summed E-state index contributed by atoms with van der Waals surface area (Å²) in [5.41, 5.74) is 0.755. The summed E-state index contributed by atoms with van der Waals surface area (Å²) < 4.78 is 11.1. The maximum atomic E-state index is 12.9. The fraction of sp³-hybridized carbons (Fsp3) is 0.579. The molecule has 0 aromatic heterocycles. The molecule has 6 heteroatoms. The zero-order valence-electron chi connectivity index (χ0n) is 15.3. The van der Waals surface area contributed by atoms with Gasteiger partial charge in [0.1, 0.15) is 13.2 Å². The second-order valence-electron chi connectivity index (χ2n) is 7.17. The lowest BCUT2D eigenvalue weighted by molar-refractivity contribution is -0.139. The van der Waals surface area contributed by atoms with E-state index in [1.54, 1.807) is 4.90 Å². The number of nitrogens with zero attached hydrogens (tertiary/aromatic N) is 2. The number of fused-ring (bicyclic) bond motifs is 1. The molecule has 136 valence electrons. The number of ether oxygens (including phenoxy) is 2. The Balaban J connectivity index is 1.77. The smallest absolute Gasteiger partial charge is 0.228 e. The van der Waals surface area contributed by atoms with Crippen molar-refractivity contribution in [3.63, 3.8) is 0 Å². The highest BCUT2D eigenvalue weighted by Gasteiger charge is 2.38. The van der Waals surface area contributed by atoms with Gasteiger partial charge < -0.3 is 19.3 Å². The van der Waals surface area contributed by atoms with Crippen molar-refractivity contribution < 1.29 is 19.1 Å². The van der Waals surface area contributed by atoms with E-state index in [1.165, 1.54) is 0 Å². The van der Waals surface area contributed by atoms with Crippen molar-refractivity contribution in [2.75, 3.05) is 24.7 Å². The third-order valence-corrected chi connectivity index (χ3v) is 4.68. The SMILES string of the molecule is CC(C)N(C(=O)C1CC(=O)N(c2ccc3c(c2)OCCO3)C1)C(C)C. The molecule has 0 aliphatic carbocycles. The quantitative estimate of drug-likeness (QED) is 0.840. The Kier molecular flexibility index (Phi) is 4.88. The van der Waals surface area contributed by atoms with Crippen LogP contribution in [0.3, 0.4) is 0 Å². The first kappa shape index (κ1) is 17.6. The van der Waals surface area contributed by atoms with E-state index in [1.807, 2.05) is 50.8 Å². The molecule has 2 heterocycles. The number of carbonyl (C=O) groups excluding carboxylic acids is 2. The Bertz CT molecular complexity index is 663. The van der Waals surface area contributed by atoms with Crippen LogP contribution in [-0.4, -0.2) is 48.6 Å². The van der Waals surface area contributed by atoms with E-state index in [0.29, 0.717) is 31.3 Å². The van der Waals surface area contributed by atoms with Crippen LogP contribution in [0.25, 0.3) is 0 Å². The summed E-state index contributed by atoms with van der Waals surface area (Å²) in [5.74, 6) is 1.07. The Morgan fingerprint density at radius 2 is 1.76 bits per heavy atom. The standard InChI is InChI=1S/C19H26N2O4/c1-12(2)21(13(3)4)19(23)14-9-18(22)20(11-14)15-5-6-16-17(10-15)25-8-7-24-16/h5-6,10,12-14H,7-9,11H2,1-4H3. The first-order chi connectivity index (χ1) is 11.9. The number of anilines is 1. The molecule has 0 bridgehead atoms. The molecular weight excluding hydrogens is 320 g/mol. The van der Waals surface area contributed by atoms with E-state index in [0.717, 1.165) is 5.69 Å². The first-order valence-electron chi connectivity index (χ1n) is 8.90. The van der Waals surface area contributed by atoms with E-state index < -0.39 is 0 Å². The van der Waals surface area contributed by atoms with E-state index in [2.05, 4.69) is 0 Å². The van der Waals surface area contributed by atoms with Crippen molar-refractivity contribution in [3.05, 3.63) is 18.2 Å². The third-order valence-electron chi connectivity index (χ3n) is 4.68. The second kappa shape index (κ2) is 6.94. The van der Waals surface area contributed by atoms with Crippen molar-refractivity contribution in [1.82, 2.24) is 4.90 Å². The molecule has 1 aromatic carbocycles. The Morgan fingerprint density at radius 1 is 1.12 bits per heavy atom. The van der Waals surface area contributed by atoms with Crippen LogP contribution in [0.1, 0.15) is 34.1 Å². The summed E-state index contributed by atoms with van der Waals surface area (Å²) >= 11 is 0. The van der Waals surface area contributed by atoms with Crippen molar-refractivity contribution >= 4 is 17.5 Å². The Labute approximate surface area is 148 Å². The zero-order chi connectivity index (χ0) is 18.1. The lowest BCUT2D eigenvalue weighted by atomic mass is 10.0. The van der Waals surface area contributed by atoms with Crippen LogP contribution >= 0.6 is 0 Å². The van der Waals surface area contributed by atoms with Crippen LogP contribution in [0, 0.1) is 5.92 Å². The molecule has 2 amide bonds. The van der Waals surface area contributed by atoms with Gasteiger partial charge in [-0.05, 0) is 39.8 Å². The zero-order valence-corrected chi connectivity index (χ0v) is 15.3. The normalized spacial score (nSPS) is 19.7. The number of hydrogen-bond acceptors (Lipinski definition) is 4. The molecule has 1 aromatic rings. The van der Waals surface area contributed by atoms with Gasteiger partial charge >= 0.3 is 0 Å². The number of hydrogen-bond donors (Lipinski definition) is 0. The van der Waals surface area contributed by atoms with Crippen molar-refractivity contribution in [1.29, 1.82) is 0 Å². The lowest BCUT2D eigenvalue weighted by Crippen LogP contribution is -2.45. The van der Waals surface area contributed by atoms with Crippen molar-refractivity contribution in [2.45, 2.75) is 46.2 Å². The highest BCUT2D eigenvalue weighted by atomic mass is 16.6. The molecule has 0 saturated carbocycles. The van der Waals surface area contributed by atoms with Gasteiger partial charge in [0.15, 0.2) is 11.5 Å². The van der Waals surface area contributed by atoms with Crippen LogP contribution in [-0.2, 0) is 9.59 Å². The Hall–Kier alpha value is -2.24. The molecular formula is C19H26N2O4. The highest BCUT2D eigenvalue weighted by Crippen LogP contribution is 2.36. The number of rotatable bonds is 4. The minimum atomic E-state index is -0.300. The molecule has 1 fully saturated rings. The molecule has 6 nitrogen and oxygen atoms in total. The van der Waals surface area contributed by atoms with Gasteiger partial charge in [-0.1, -0.05) is 0 Å². The van der Waals surface area contributed by atoms with E-state index in [9.17, 15) is 9.59 Å². The molecule has 3 rings (SSSR count). The molecule has 2 aliphatic heterocycles. The number of benzene rings is 1. The monoisotopic (exact) mass is 346 g/mol. The van der Waals surface area contributed by atoms with Crippen LogP contribution in [0.2, 0.25) is 0 Å². The molecule has 2 aliphatic rings. The first-order valence-corrected chi connectivity index (χ1v) is 8.90. The molecule has 1 atom stereocenters. The van der Waals surface area contributed by atoms with E-state index >= 15 is 0 Å². The van der Waals surface area contributed by atoms with Gasteiger partial charge in [-0.3, -0.25) is 9.59 Å². The molecule has 1 saturated heterocycles. The van der Waals surface area contributed by atoms with Gasteiger partial charge in [0.2, 0.25) is 11.8 Å². The van der Waals surface area contributed by atoms with Crippen LogP contribution in [0.4, 0.5) is 5.69 Å². The topological polar surface area (TPSA) is 59.1 Å². The Morgan fingerprint density at radius 3 is 2.40 bits per heavy atom. The second-order valence-corrected chi connectivity index (χ2v) is 7.17. The van der Waals surface area contributed by atoms with Gasteiger partial charge in [0.05, 0.1) is 5.92 Å². The highest BCUT2D eigenvalue weighted by molar-refractivity contribution is 6.00. The number of carbonyl (C=O) groups is 2. The van der Waals surface area contributed by atoms with Crippen LogP contribution in [0.15, 0.2) is 18.2 Å². The minimum absolute atomic E-state index is 0.0255. The molecule has 0 spiro atoms. The average Bonchev–Trinajstić information content (AvgIpc) is 2.95. The maximum absolute atomic E-state index is 12.9. The third kappa shape index (κ3) is 3.43. The van der Waals surface area contributed by atoms with Crippen molar-refractivity contribution in [3.8, 4) is 11.5 Å². The maximum Gasteiger partial charge on any atom is 0.228 e. The van der Waals surface area contributed by atoms with Gasteiger partial charge in [-0.15, -0.1) is 0 Å².